The number of pyridine rings is 1. The quantitative estimate of drug-likeness (QED) is 0.318. The Balaban J connectivity index is 0.00000144. The second-order valence-electron chi connectivity index (χ2n) is 6.97. The van der Waals surface area contributed by atoms with E-state index in [-0.39, 0.29) is 34.0 Å². The number of benzene rings is 1. The van der Waals surface area contributed by atoms with Gasteiger partial charge in [-0.15, -0.1) is 0 Å². The average molecular weight is 455 g/mol. The molecule has 130 valence electrons. The number of quaternary nitrogens is 1. The number of aromatic nitrogens is 2. The average Bonchev–Trinajstić information content (AvgIpc) is 2.90. The minimum absolute atomic E-state index is 0. The highest BCUT2D eigenvalue weighted by atomic mass is 79.9. The first-order chi connectivity index (χ1) is 10.5. The van der Waals surface area contributed by atoms with Crippen LogP contribution >= 0.6 is 0 Å². The monoisotopic (exact) mass is 453 g/mol. The fourth-order valence-corrected chi connectivity index (χ4v) is 2.78. The molecule has 2 aromatic heterocycles. The molecular weight excluding hydrogens is 430 g/mol. The second-order valence-corrected chi connectivity index (χ2v) is 6.97. The molecule has 1 aromatic carbocycles. The fourth-order valence-electron chi connectivity index (χ4n) is 2.78. The lowest BCUT2D eigenvalue weighted by Gasteiger charge is -2.22. The zero-order valence-corrected chi connectivity index (χ0v) is 17.6. The van der Waals surface area contributed by atoms with E-state index in [0.29, 0.717) is 0 Å². The summed E-state index contributed by atoms with van der Waals surface area (Å²) in [6.07, 6.45) is 5.58. The van der Waals surface area contributed by atoms with Gasteiger partial charge in [0, 0.05) is 17.0 Å². The van der Waals surface area contributed by atoms with E-state index in [0.717, 1.165) is 11.0 Å². The van der Waals surface area contributed by atoms with Crippen LogP contribution < -0.4 is 38.5 Å². The van der Waals surface area contributed by atoms with Gasteiger partial charge in [0.05, 0.1) is 45.4 Å². The van der Waals surface area contributed by atoms with Crippen LogP contribution in [0.5, 0.6) is 0 Å². The lowest BCUT2D eigenvalue weighted by Crippen LogP contribution is -3.00. The van der Waals surface area contributed by atoms with Crippen molar-refractivity contribution in [3.63, 3.8) is 0 Å². The molecule has 0 aliphatic rings. The van der Waals surface area contributed by atoms with Crippen molar-refractivity contribution in [2.24, 2.45) is 0 Å². The molecule has 0 bridgehead atoms. The Bertz CT molecular complexity index is 742. The van der Waals surface area contributed by atoms with Crippen LogP contribution in [0.15, 0.2) is 54.9 Å². The van der Waals surface area contributed by atoms with Crippen LogP contribution in [0.4, 0.5) is 0 Å². The topological polar surface area (TPSA) is 19.7 Å². The molecule has 3 aromatic rings. The third-order valence-electron chi connectivity index (χ3n) is 3.94. The molecule has 0 spiro atoms. The Morgan fingerprint density at radius 1 is 1.00 bits per heavy atom. The Morgan fingerprint density at radius 3 is 2.46 bits per heavy atom. The molecule has 0 aliphatic carbocycles. The highest BCUT2D eigenvalue weighted by Gasteiger charge is 2.11. The van der Waals surface area contributed by atoms with Crippen molar-refractivity contribution in [1.82, 2.24) is 4.98 Å². The first-order valence-corrected chi connectivity index (χ1v) is 7.89. The number of aryl methyl sites for hydroxylation is 1. The summed E-state index contributed by atoms with van der Waals surface area (Å²) < 4.78 is 3.30. The van der Waals surface area contributed by atoms with Crippen molar-refractivity contribution in [3.8, 4) is 11.3 Å². The summed E-state index contributed by atoms with van der Waals surface area (Å²) in [5.41, 5.74) is 3.61. The van der Waals surface area contributed by atoms with E-state index in [2.05, 4.69) is 85.6 Å². The molecule has 0 unspecified atom stereocenters. The molecule has 0 amide bonds. The van der Waals surface area contributed by atoms with Crippen LogP contribution in [0, 0.1) is 0 Å². The molecule has 0 saturated heterocycles. The van der Waals surface area contributed by atoms with Crippen molar-refractivity contribution >= 4 is 10.9 Å². The number of nitrogens with zero attached hydrogens (tertiary/aromatic N) is 2. The lowest BCUT2D eigenvalue weighted by atomic mass is 10.2. The molecule has 2 heterocycles. The molecule has 3 nitrogen and oxygen atoms in total. The van der Waals surface area contributed by atoms with Gasteiger partial charge in [0.25, 0.3) is 0 Å². The largest absolute Gasteiger partial charge is 1.00 e. The van der Waals surface area contributed by atoms with Gasteiger partial charge in [-0.25, -0.2) is 4.57 Å². The number of H-pyrrole nitrogens is 1. The van der Waals surface area contributed by atoms with Crippen LogP contribution in [0.25, 0.3) is 22.2 Å². The molecule has 0 saturated carbocycles. The maximum Gasteiger partial charge on any atom is 0.178 e. The van der Waals surface area contributed by atoms with Crippen molar-refractivity contribution < 1.29 is 43.0 Å². The number of aromatic amines is 1. The number of nitrogens with one attached hydrogen (secondary N) is 1. The summed E-state index contributed by atoms with van der Waals surface area (Å²) in [7, 11) is 6.72. The molecule has 1 N–H and O–H groups in total. The molecule has 5 heteroatoms. The molecule has 0 aliphatic heterocycles. The van der Waals surface area contributed by atoms with E-state index >= 15 is 0 Å². The van der Waals surface area contributed by atoms with Crippen LogP contribution in [0.2, 0.25) is 0 Å². The zero-order valence-electron chi connectivity index (χ0n) is 14.5. The Kier molecular flexibility index (Phi) is 7.64. The highest BCUT2D eigenvalue weighted by molar-refractivity contribution is 5.85. The van der Waals surface area contributed by atoms with E-state index < -0.39 is 0 Å². The summed E-state index contributed by atoms with van der Waals surface area (Å²) in [5.74, 6) is 0. The predicted molar refractivity (Wildman–Crippen MR) is 91.4 cm³/mol. The number of rotatable bonds is 5. The minimum atomic E-state index is 0. The molecular formula is C19H25Br2N3. The summed E-state index contributed by atoms with van der Waals surface area (Å²) in [6.45, 7) is 2.24. The SMILES string of the molecule is C[N+](C)(C)CCC[n+]1cccc(-c2cc3ccccc3[nH]2)c1.[Br-].[Br-]. The molecule has 0 fully saturated rings. The van der Waals surface area contributed by atoms with Gasteiger partial charge in [-0.2, -0.15) is 0 Å². The van der Waals surface area contributed by atoms with Crippen molar-refractivity contribution in [1.29, 1.82) is 0 Å². The Morgan fingerprint density at radius 2 is 1.75 bits per heavy atom. The van der Waals surface area contributed by atoms with Crippen molar-refractivity contribution in [2.75, 3.05) is 27.7 Å². The van der Waals surface area contributed by atoms with Gasteiger partial charge in [-0.1, -0.05) is 18.2 Å². The first-order valence-electron chi connectivity index (χ1n) is 7.89. The number of para-hydroxylation sites is 1. The normalized spacial score (nSPS) is 11.0. The summed E-state index contributed by atoms with van der Waals surface area (Å²) in [6, 6.07) is 14.9. The number of halogens is 2. The van der Waals surface area contributed by atoms with E-state index in [4.69, 9.17) is 0 Å². The fraction of sp³-hybridized carbons (Fsp3) is 0.316. The van der Waals surface area contributed by atoms with E-state index in [9.17, 15) is 0 Å². The van der Waals surface area contributed by atoms with E-state index in [1.165, 1.54) is 35.1 Å². The number of hydrogen-bond donors (Lipinski definition) is 1. The van der Waals surface area contributed by atoms with Crippen LogP contribution in [0.3, 0.4) is 0 Å². The van der Waals surface area contributed by atoms with Gasteiger partial charge in [0.1, 0.15) is 0 Å². The number of hydrogen-bond acceptors (Lipinski definition) is 0. The Hall–Kier alpha value is -1.17. The van der Waals surface area contributed by atoms with Crippen LogP contribution in [-0.4, -0.2) is 37.2 Å². The molecule has 0 atom stereocenters. The van der Waals surface area contributed by atoms with Crippen LogP contribution in [-0.2, 0) is 6.54 Å². The van der Waals surface area contributed by atoms with Crippen molar-refractivity contribution in [2.45, 2.75) is 13.0 Å². The third-order valence-corrected chi connectivity index (χ3v) is 3.94. The maximum atomic E-state index is 3.50. The van der Waals surface area contributed by atoms with Gasteiger partial charge in [0.2, 0.25) is 0 Å². The van der Waals surface area contributed by atoms with E-state index in [1.54, 1.807) is 0 Å². The third kappa shape index (κ3) is 5.43. The second kappa shape index (κ2) is 8.79. The molecule has 24 heavy (non-hydrogen) atoms. The summed E-state index contributed by atoms with van der Waals surface area (Å²) in [5, 5.41) is 1.26. The standard InChI is InChI=1S/C19H25N3.2BrH/c1-22(2,3)13-7-12-21-11-6-9-17(15-21)19-14-16-8-4-5-10-18(16)20-19;;/h4-6,8-11,14-15,20H,7,12-13H2,1-3H3;2*1H/q+2;;/p-2. The van der Waals surface area contributed by atoms with Gasteiger partial charge < -0.3 is 43.4 Å². The first kappa shape index (κ1) is 20.9. The summed E-state index contributed by atoms with van der Waals surface area (Å²) in [4.78, 5) is 3.50. The van der Waals surface area contributed by atoms with Gasteiger partial charge >= 0.3 is 0 Å². The van der Waals surface area contributed by atoms with Gasteiger partial charge in [-0.3, -0.25) is 0 Å². The zero-order chi connectivity index (χ0) is 15.6. The summed E-state index contributed by atoms with van der Waals surface area (Å²) >= 11 is 0. The van der Waals surface area contributed by atoms with Crippen molar-refractivity contribution in [3.05, 3.63) is 54.9 Å². The predicted octanol–water partition coefficient (Wildman–Crippen LogP) is -2.77. The van der Waals surface area contributed by atoms with Gasteiger partial charge in [0.15, 0.2) is 18.9 Å². The number of fused-ring (bicyclic) bond motifs is 1. The molecule has 0 radical (unpaired) electrons. The van der Waals surface area contributed by atoms with Crippen LogP contribution in [0.1, 0.15) is 6.42 Å². The van der Waals surface area contributed by atoms with Gasteiger partial charge in [-0.05, 0) is 18.2 Å². The van der Waals surface area contributed by atoms with E-state index in [1.807, 2.05) is 0 Å². The molecule has 3 rings (SSSR count). The minimum Gasteiger partial charge on any atom is -1.00 e. The smallest absolute Gasteiger partial charge is 0.178 e. The maximum absolute atomic E-state index is 3.50. The highest BCUT2D eigenvalue weighted by Crippen LogP contribution is 2.22. The lowest BCUT2D eigenvalue weighted by molar-refractivity contribution is -0.873. The Labute approximate surface area is 165 Å².